The van der Waals surface area contributed by atoms with Gasteiger partial charge in [-0.25, -0.2) is 0 Å². The SMILES string of the molecule is CC.CC.CC.CO[C@]1(C)C[C@@H](C)CN(C)C(C2CN(C(=O)C(C)(C)C)C2)COC(=O)C(C)(C)C(=O)[C@H](C)C1CCC1O[C@H](C)CC(N(C)C)[C@H]1O. The Hall–Kier alpha value is -1.59. The number of carbonyl (C=O) groups excluding carboxylic acids is 3. The second kappa shape index (κ2) is 22.1. The number of hydrogen-bond acceptors (Lipinski definition) is 9. The number of Topliss-reactive ketones (excluding diaryl/α,β-unsaturated/α-hetero) is 1. The van der Waals surface area contributed by atoms with Gasteiger partial charge in [0.05, 0.1) is 23.9 Å². The third kappa shape index (κ3) is 12.7. The number of ketones is 1. The molecule has 1 N–H and O–H groups in total. The van der Waals surface area contributed by atoms with E-state index in [0.717, 1.165) is 13.0 Å². The summed E-state index contributed by atoms with van der Waals surface area (Å²) in [6, 6.07) is -0.0890. The molecular weight excluding hydrogens is 658 g/mol. The molecule has 0 saturated carbocycles. The maximum atomic E-state index is 14.2. The van der Waals surface area contributed by atoms with Crippen LogP contribution in [0, 0.1) is 34.5 Å². The first kappa shape index (κ1) is 50.4. The number of hydrogen-bond donors (Lipinski definition) is 1. The van der Waals surface area contributed by atoms with Crippen molar-refractivity contribution in [3.63, 3.8) is 0 Å². The van der Waals surface area contributed by atoms with E-state index in [2.05, 4.69) is 30.7 Å². The van der Waals surface area contributed by atoms with E-state index in [4.69, 9.17) is 14.2 Å². The van der Waals surface area contributed by atoms with Gasteiger partial charge >= 0.3 is 5.97 Å². The van der Waals surface area contributed by atoms with Crippen molar-refractivity contribution in [3.05, 3.63) is 0 Å². The average Bonchev–Trinajstić information content (AvgIpc) is 3.07. The van der Waals surface area contributed by atoms with E-state index >= 15 is 0 Å². The van der Waals surface area contributed by atoms with Crippen molar-refractivity contribution in [2.75, 3.05) is 54.5 Å². The van der Waals surface area contributed by atoms with Crippen molar-refractivity contribution in [2.45, 2.75) is 166 Å². The predicted molar refractivity (Wildman–Crippen MR) is 213 cm³/mol. The third-order valence-electron chi connectivity index (χ3n) is 11.3. The number of carbonyl (C=O) groups is 3. The summed E-state index contributed by atoms with van der Waals surface area (Å²) in [5.41, 5.74) is -2.47. The smallest absolute Gasteiger partial charge is 0.319 e. The Balaban J connectivity index is 0.00000411. The first-order valence-electron chi connectivity index (χ1n) is 20.4. The molecule has 3 fully saturated rings. The number of aliphatic hydroxyl groups is 1. The number of esters is 1. The van der Waals surface area contributed by atoms with Crippen LogP contribution < -0.4 is 0 Å². The monoisotopic (exact) mass is 742 g/mol. The van der Waals surface area contributed by atoms with Gasteiger partial charge in [0.15, 0.2) is 5.78 Å². The first-order valence-corrected chi connectivity index (χ1v) is 20.4. The van der Waals surface area contributed by atoms with Gasteiger partial charge in [-0.2, -0.15) is 0 Å². The molecule has 1 amide bonds. The minimum Gasteiger partial charge on any atom is -0.463 e. The van der Waals surface area contributed by atoms with E-state index in [1.807, 2.05) is 95.2 Å². The number of likely N-dealkylation sites (N-methyl/N-ethyl adjacent to an activating group) is 2. The quantitative estimate of drug-likeness (QED) is 0.229. The zero-order valence-electron chi connectivity index (χ0n) is 37.1. The molecule has 10 nitrogen and oxygen atoms in total. The van der Waals surface area contributed by atoms with Crippen LogP contribution in [0.3, 0.4) is 0 Å². The van der Waals surface area contributed by atoms with Gasteiger partial charge < -0.3 is 29.1 Å². The van der Waals surface area contributed by atoms with Crippen molar-refractivity contribution in [2.24, 2.45) is 34.5 Å². The molecule has 10 heteroatoms. The number of nitrogens with zero attached hydrogens (tertiary/aromatic N) is 3. The fourth-order valence-electron chi connectivity index (χ4n) is 8.33. The highest BCUT2D eigenvalue weighted by Crippen LogP contribution is 2.42. The summed E-state index contributed by atoms with van der Waals surface area (Å²) in [4.78, 5) is 47.0. The lowest BCUT2D eigenvalue weighted by Crippen LogP contribution is -2.61. The number of rotatable bonds is 6. The highest BCUT2D eigenvalue weighted by atomic mass is 16.5. The number of methoxy groups -OCH3 is 1. The van der Waals surface area contributed by atoms with Crippen LogP contribution in [-0.2, 0) is 28.6 Å². The topological polar surface area (TPSA) is 109 Å². The standard InChI is InChI=1S/C36H65N3O7.3C2H6/c1-22-17-36(9,44-13)26(14-15-29-30(40)27(37(10)11)16-23(2)46-29)24(3)31(41)35(7,8)33(43)45-21-28(38(12)18-22)25-19-39(20-25)32(42)34(4,5)6;3*1-2/h22-30,40H,14-21H2,1-13H3;3*1-2H3/t22-,23-,24-,26?,27?,28?,29?,30-,36-;;;/m1.../s1. The molecule has 3 rings (SSSR count). The normalized spacial score (nSPS) is 33.6. The Morgan fingerprint density at radius 2 is 1.50 bits per heavy atom. The van der Waals surface area contributed by atoms with Crippen LogP contribution in [0.2, 0.25) is 0 Å². The van der Waals surface area contributed by atoms with Crippen LogP contribution in [0.1, 0.15) is 130 Å². The molecule has 4 unspecified atom stereocenters. The van der Waals surface area contributed by atoms with Crippen molar-refractivity contribution in [3.8, 4) is 0 Å². The van der Waals surface area contributed by atoms with Crippen LogP contribution in [0.4, 0.5) is 0 Å². The van der Waals surface area contributed by atoms with Crippen molar-refractivity contribution in [1.29, 1.82) is 0 Å². The number of ether oxygens (including phenoxy) is 3. The molecular formula is C42H83N3O7. The fourth-order valence-corrected chi connectivity index (χ4v) is 8.33. The molecule has 0 spiro atoms. The summed E-state index contributed by atoms with van der Waals surface area (Å²) in [7, 11) is 7.75. The average molecular weight is 742 g/mol. The molecule has 3 saturated heterocycles. The number of aliphatic hydroxyl groups excluding tert-OH is 1. The van der Waals surface area contributed by atoms with E-state index in [9.17, 15) is 19.5 Å². The fraction of sp³-hybridized carbons (Fsp3) is 0.929. The molecule has 3 aliphatic rings. The van der Waals surface area contributed by atoms with E-state index in [1.165, 1.54) is 0 Å². The lowest BCUT2D eigenvalue weighted by Gasteiger charge is -2.48. The van der Waals surface area contributed by atoms with Gasteiger partial charge in [0.25, 0.3) is 0 Å². The molecule has 3 heterocycles. The summed E-state index contributed by atoms with van der Waals surface area (Å²) in [5.74, 6) is -0.927. The van der Waals surface area contributed by atoms with Gasteiger partial charge in [0.1, 0.15) is 12.0 Å². The maximum Gasteiger partial charge on any atom is 0.319 e. The van der Waals surface area contributed by atoms with Crippen LogP contribution >= 0.6 is 0 Å². The summed E-state index contributed by atoms with van der Waals surface area (Å²) in [5, 5.41) is 11.3. The summed E-state index contributed by atoms with van der Waals surface area (Å²) in [6.45, 7) is 31.5. The van der Waals surface area contributed by atoms with Crippen molar-refractivity contribution >= 4 is 17.7 Å². The van der Waals surface area contributed by atoms with Gasteiger partial charge in [0, 0.05) is 56.1 Å². The minimum absolute atomic E-state index is 0.00629. The molecule has 0 radical (unpaired) electrons. The summed E-state index contributed by atoms with van der Waals surface area (Å²) in [6.07, 6.45) is 1.65. The molecule has 0 aromatic carbocycles. The maximum absolute atomic E-state index is 14.2. The van der Waals surface area contributed by atoms with Gasteiger partial charge in [-0.3, -0.25) is 19.3 Å². The molecule has 9 atom stereocenters. The second-order valence-electron chi connectivity index (χ2n) is 16.9. The lowest BCUT2D eigenvalue weighted by molar-refractivity contribution is -0.166. The number of likely N-dealkylation sites (tertiary alicyclic amines) is 1. The molecule has 0 aliphatic carbocycles. The van der Waals surface area contributed by atoms with Gasteiger partial charge in [-0.15, -0.1) is 0 Å². The van der Waals surface area contributed by atoms with E-state index in [-0.39, 0.29) is 60.3 Å². The molecule has 308 valence electrons. The zero-order valence-corrected chi connectivity index (χ0v) is 37.1. The molecule has 3 aliphatic heterocycles. The van der Waals surface area contributed by atoms with E-state index in [1.54, 1.807) is 21.0 Å². The third-order valence-corrected chi connectivity index (χ3v) is 11.3. The molecule has 0 aromatic rings. The van der Waals surface area contributed by atoms with Gasteiger partial charge in [-0.1, -0.05) is 76.2 Å². The molecule has 0 aromatic heterocycles. The van der Waals surface area contributed by atoms with Crippen LogP contribution in [0.5, 0.6) is 0 Å². The highest BCUT2D eigenvalue weighted by molar-refractivity contribution is 6.04. The van der Waals surface area contributed by atoms with E-state index < -0.39 is 34.4 Å². The van der Waals surface area contributed by atoms with E-state index in [0.29, 0.717) is 32.4 Å². The van der Waals surface area contributed by atoms with Gasteiger partial charge in [-0.05, 0) is 86.4 Å². The summed E-state index contributed by atoms with van der Waals surface area (Å²) >= 11 is 0. The molecule has 0 bridgehead atoms. The Bertz CT molecular complexity index is 1070. The van der Waals surface area contributed by atoms with Crippen LogP contribution in [0.25, 0.3) is 0 Å². The second-order valence-corrected chi connectivity index (χ2v) is 16.9. The first-order chi connectivity index (χ1) is 24.1. The summed E-state index contributed by atoms with van der Waals surface area (Å²) < 4.78 is 18.6. The Morgan fingerprint density at radius 1 is 0.962 bits per heavy atom. The molecule has 52 heavy (non-hydrogen) atoms. The van der Waals surface area contributed by atoms with Gasteiger partial charge in [0.2, 0.25) is 5.91 Å². The number of amides is 1. The largest absolute Gasteiger partial charge is 0.463 e. The highest BCUT2D eigenvalue weighted by Gasteiger charge is 2.50. The van der Waals surface area contributed by atoms with Crippen LogP contribution in [-0.4, -0.2) is 128 Å². The Morgan fingerprint density at radius 3 is 1.98 bits per heavy atom. The van der Waals surface area contributed by atoms with Crippen molar-refractivity contribution < 1.29 is 33.7 Å². The van der Waals surface area contributed by atoms with Crippen LogP contribution in [0.15, 0.2) is 0 Å². The minimum atomic E-state index is -1.35. The number of cyclic esters (lactones) is 1. The lowest BCUT2D eigenvalue weighted by atomic mass is 9.67. The zero-order chi connectivity index (χ0) is 40.9. The Labute approximate surface area is 320 Å². The predicted octanol–water partition coefficient (Wildman–Crippen LogP) is 6.95. The van der Waals surface area contributed by atoms with Crippen molar-refractivity contribution in [1.82, 2.24) is 14.7 Å². The Kier molecular flexibility index (Phi) is 21.4.